The third-order valence-corrected chi connectivity index (χ3v) is 5.30. The van der Waals surface area contributed by atoms with Gasteiger partial charge in [0.1, 0.15) is 0 Å². The molecule has 3 nitrogen and oxygen atoms in total. The molecular formula is C12H24O3Si. The highest BCUT2D eigenvalue weighted by atomic mass is 28.4. The van der Waals surface area contributed by atoms with Crippen molar-refractivity contribution in [3.05, 3.63) is 0 Å². The summed E-state index contributed by atoms with van der Waals surface area (Å²) in [4.78, 5) is 0. The number of terminal acetylenes is 1. The lowest BCUT2D eigenvalue weighted by Gasteiger charge is -2.28. The summed E-state index contributed by atoms with van der Waals surface area (Å²) in [7, 11) is -2.41. The van der Waals surface area contributed by atoms with Gasteiger partial charge in [-0.1, -0.05) is 0 Å². The Morgan fingerprint density at radius 1 is 0.938 bits per heavy atom. The average Bonchev–Trinajstić information content (AvgIpc) is 2.26. The maximum atomic E-state index is 5.73. The quantitative estimate of drug-likeness (QED) is 0.336. The van der Waals surface area contributed by atoms with Gasteiger partial charge >= 0.3 is 8.80 Å². The highest BCUT2D eigenvalue weighted by Crippen LogP contribution is 2.19. The molecule has 0 aliphatic rings. The third-order valence-electron chi connectivity index (χ3n) is 2.15. The van der Waals surface area contributed by atoms with Crippen molar-refractivity contribution >= 4 is 8.80 Å². The summed E-state index contributed by atoms with van der Waals surface area (Å²) in [6.07, 6.45) is 8.06. The number of unbranched alkanes of at least 4 members (excludes halogenated alkanes) is 2. The molecule has 16 heavy (non-hydrogen) atoms. The minimum absolute atomic E-state index is 0.640. The molecule has 0 amide bonds. The van der Waals surface area contributed by atoms with Crippen LogP contribution in [0.15, 0.2) is 0 Å². The van der Waals surface area contributed by atoms with E-state index in [1.54, 1.807) is 0 Å². The van der Waals surface area contributed by atoms with Crippen LogP contribution in [0.4, 0.5) is 0 Å². The molecule has 4 heteroatoms. The zero-order valence-corrected chi connectivity index (χ0v) is 11.8. The van der Waals surface area contributed by atoms with Crippen LogP contribution >= 0.6 is 0 Å². The third kappa shape index (κ3) is 6.29. The van der Waals surface area contributed by atoms with E-state index in [9.17, 15) is 0 Å². The summed E-state index contributed by atoms with van der Waals surface area (Å²) in [5, 5.41) is 0. The van der Waals surface area contributed by atoms with Crippen molar-refractivity contribution in [2.75, 3.05) is 19.8 Å². The van der Waals surface area contributed by atoms with Crippen molar-refractivity contribution in [1.82, 2.24) is 0 Å². The standard InChI is InChI=1S/C12H24O3Si/c1-5-9-10-11-12-16(13-6-2,14-7-3)15-8-4/h1H,6-12H2,2-4H3. The van der Waals surface area contributed by atoms with Crippen LogP contribution in [0.1, 0.15) is 40.0 Å². The van der Waals surface area contributed by atoms with Crippen LogP contribution in [0.3, 0.4) is 0 Å². The largest absolute Gasteiger partial charge is 0.500 e. The molecule has 0 saturated heterocycles. The fraction of sp³-hybridized carbons (Fsp3) is 0.833. The van der Waals surface area contributed by atoms with E-state index in [1.807, 2.05) is 20.8 Å². The maximum Gasteiger partial charge on any atom is 0.500 e. The molecule has 0 spiro atoms. The molecular weight excluding hydrogens is 220 g/mol. The highest BCUT2D eigenvalue weighted by molar-refractivity contribution is 6.60. The van der Waals surface area contributed by atoms with Gasteiger partial charge in [-0.15, -0.1) is 12.3 Å². The monoisotopic (exact) mass is 244 g/mol. The van der Waals surface area contributed by atoms with Crippen LogP contribution in [0.25, 0.3) is 0 Å². The topological polar surface area (TPSA) is 27.7 Å². The van der Waals surface area contributed by atoms with E-state index in [2.05, 4.69) is 5.92 Å². The van der Waals surface area contributed by atoms with Gasteiger partial charge in [-0.05, 0) is 33.6 Å². The number of hydrogen-bond donors (Lipinski definition) is 0. The van der Waals surface area contributed by atoms with E-state index in [0.29, 0.717) is 19.8 Å². The fourth-order valence-electron chi connectivity index (χ4n) is 1.57. The molecule has 0 fully saturated rings. The van der Waals surface area contributed by atoms with Crippen molar-refractivity contribution < 1.29 is 13.3 Å². The van der Waals surface area contributed by atoms with Gasteiger partial charge in [0.15, 0.2) is 0 Å². The van der Waals surface area contributed by atoms with Crippen molar-refractivity contribution in [3.63, 3.8) is 0 Å². The predicted octanol–water partition coefficient (Wildman–Crippen LogP) is 2.84. The average molecular weight is 244 g/mol. The van der Waals surface area contributed by atoms with Gasteiger partial charge in [0.25, 0.3) is 0 Å². The van der Waals surface area contributed by atoms with Gasteiger partial charge < -0.3 is 13.3 Å². The minimum atomic E-state index is -2.41. The molecule has 0 aliphatic carbocycles. The van der Waals surface area contributed by atoms with Crippen LogP contribution in [0.5, 0.6) is 0 Å². The second-order valence-electron chi connectivity index (χ2n) is 3.39. The highest BCUT2D eigenvalue weighted by Gasteiger charge is 2.39. The summed E-state index contributed by atoms with van der Waals surface area (Å²) in [5.74, 6) is 2.64. The molecule has 0 aliphatic heterocycles. The Hall–Kier alpha value is -0.343. The predicted molar refractivity (Wildman–Crippen MR) is 68.1 cm³/mol. The zero-order chi connectivity index (χ0) is 12.3. The smallest absolute Gasteiger partial charge is 0.374 e. The van der Waals surface area contributed by atoms with E-state index in [4.69, 9.17) is 19.7 Å². The summed E-state index contributed by atoms with van der Waals surface area (Å²) in [5.41, 5.74) is 0. The Morgan fingerprint density at radius 3 is 1.81 bits per heavy atom. The van der Waals surface area contributed by atoms with Gasteiger partial charge in [0, 0.05) is 32.3 Å². The number of rotatable bonds is 10. The Labute approximate surface area is 101 Å². The molecule has 0 bridgehead atoms. The van der Waals surface area contributed by atoms with Crippen molar-refractivity contribution in [2.24, 2.45) is 0 Å². The van der Waals surface area contributed by atoms with Crippen molar-refractivity contribution in [2.45, 2.75) is 46.1 Å². The van der Waals surface area contributed by atoms with E-state index in [-0.39, 0.29) is 0 Å². The minimum Gasteiger partial charge on any atom is -0.374 e. The fourth-order valence-corrected chi connectivity index (χ4v) is 4.26. The molecule has 0 N–H and O–H groups in total. The zero-order valence-electron chi connectivity index (χ0n) is 10.8. The van der Waals surface area contributed by atoms with Crippen LogP contribution in [0.2, 0.25) is 6.04 Å². The number of hydrogen-bond acceptors (Lipinski definition) is 3. The van der Waals surface area contributed by atoms with Crippen LogP contribution in [-0.2, 0) is 13.3 Å². The molecule has 0 heterocycles. The van der Waals surface area contributed by atoms with E-state index in [1.165, 1.54) is 0 Å². The Balaban J connectivity index is 4.18. The lowest BCUT2D eigenvalue weighted by molar-refractivity contribution is 0.0707. The van der Waals surface area contributed by atoms with E-state index >= 15 is 0 Å². The molecule has 0 saturated carbocycles. The first-order chi connectivity index (χ1) is 7.74. The first-order valence-corrected chi connectivity index (χ1v) is 8.03. The van der Waals surface area contributed by atoms with Crippen LogP contribution in [0, 0.1) is 12.3 Å². The van der Waals surface area contributed by atoms with Gasteiger partial charge in [0.2, 0.25) is 0 Å². The summed E-state index contributed by atoms with van der Waals surface area (Å²) in [6, 6.07) is 0.865. The van der Waals surface area contributed by atoms with Crippen LogP contribution < -0.4 is 0 Å². The second kappa shape index (κ2) is 9.85. The molecule has 0 aromatic heterocycles. The second-order valence-corrected chi connectivity index (χ2v) is 6.13. The van der Waals surface area contributed by atoms with Gasteiger partial charge in [-0.25, -0.2) is 0 Å². The summed E-state index contributed by atoms with van der Waals surface area (Å²) >= 11 is 0. The van der Waals surface area contributed by atoms with Crippen molar-refractivity contribution in [3.8, 4) is 12.3 Å². The van der Waals surface area contributed by atoms with Crippen molar-refractivity contribution in [1.29, 1.82) is 0 Å². The van der Waals surface area contributed by atoms with Gasteiger partial charge in [0.05, 0.1) is 0 Å². The molecule has 0 unspecified atom stereocenters. The Morgan fingerprint density at radius 2 is 1.44 bits per heavy atom. The maximum absolute atomic E-state index is 5.73. The van der Waals surface area contributed by atoms with Gasteiger partial charge in [-0.2, -0.15) is 0 Å². The Kier molecular flexibility index (Phi) is 9.64. The van der Waals surface area contributed by atoms with Crippen LogP contribution in [-0.4, -0.2) is 28.6 Å². The summed E-state index contributed by atoms with van der Waals surface area (Å²) in [6.45, 7) is 7.84. The lowest BCUT2D eigenvalue weighted by Crippen LogP contribution is -2.45. The molecule has 0 rings (SSSR count). The summed E-state index contributed by atoms with van der Waals surface area (Å²) < 4.78 is 17.2. The van der Waals surface area contributed by atoms with E-state index < -0.39 is 8.80 Å². The van der Waals surface area contributed by atoms with Gasteiger partial charge in [-0.3, -0.25) is 0 Å². The molecule has 0 atom stereocenters. The first kappa shape index (κ1) is 15.7. The lowest BCUT2D eigenvalue weighted by atomic mass is 10.3. The molecule has 94 valence electrons. The molecule has 0 radical (unpaired) electrons. The van der Waals surface area contributed by atoms with E-state index in [0.717, 1.165) is 25.3 Å². The molecule has 0 aromatic rings. The SMILES string of the molecule is C#CCCCC[Si](OCC)(OCC)OCC. The normalized spacial score (nSPS) is 11.4. The Bertz CT molecular complexity index is 184. The molecule has 0 aromatic carbocycles. The first-order valence-electron chi connectivity index (χ1n) is 6.10.